The van der Waals surface area contributed by atoms with E-state index in [9.17, 15) is 5.48 Å². The van der Waals surface area contributed by atoms with Crippen LogP contribution in [0.25, 0.3) is 66.9 Å². The van der Waals surface area contributed by atoms with Crippen LogP contribution in [0.2, 0.25) is 5.54 Å². The Bertz CT molecular complexity index is 3030. The van der Waals surface area contributed by atoms with Crippen LogP contribution in [0, 0.1) is 0 Å². The molecular weight excluding hydrogens is 711 g/mol. The lowest BCUT2D eigenvalue weighted by Gasteiger charge is -2.42. The third-order valence-corrected chi connectivity index (χ3v) is 17.4. The van der Waals surface area contributed by atoms with Crippen molar-refractivity contribution >= 4 is 67.2 Å². The van der Waals surface area contributed by atoms with Crippen LogP contribution in [0.4, 0.5) is 0 Å². The molecule has 7 aromatic carbocycles. The molecule has 0 bridgehead atoms. The topological polar surface area (TPSA) is 48.5 Å². The van der Waals surface area contributed by atoms with Gasteiger partial charge in [-0.05, 0) is 45.4 Å². The molecule has 0 saturated heterocycles. The van der Waals surface area contributed by atoms with Crippen LogP contribution in [0.3, 0.4) is 0 Å². The first-order chi connectivity index (χ1) is 30.0. The molecule has 57 heavy (non-hydrogen) atoms. The fraction of sp³-hybridized carbons (Fsp3) is 0.118. The molecule has 0 atom stereocenters. The van der Waals surface area contributed by atoms with Crippen LogP contribution in [0.5, 0.6) is 0 Å². The maximum Gasteiger partial charge on any atom is 0.240 e. The Morgan fingerprint density at radius 2 is 0.877 bits per heavy atom. The van der Waals surface area contributed by atoms with Gasteiger partial charge in [0, 0.05) is 27.1 Å². The highest BCUT2D eigenvalue weighted by molar-refractivity contribution is 7.12. The fourth-order valence-electron chi connectivity index (χ4n) is 9.66. The summed E-state index contributed by atoms with van der Waals surface area (Å²) in [6.45, 7) is 0. The lowest BCUT2D eigenvalue weighted by Crippen LogP contribution is -2.70. The Labute approximate surface area is 338 Å². The highest BCUT2D eigenvalue weighted by atomic mass is 28.3. The van der Waals surface area contributed by atoms with Crippen molar-refractivity contribution in [1.29, 1.82) is 0 Å². The summed E-state index contributed by atoms with van der Waals surface area (Å²) in [5, 5.41) is 6.93. The summed E-state index contributed by atoms with van der Waals surface area (Å²) in [7, 11) is -3.27. The van der Waals surface area contributed by atoms with Crippen molar-refractivity contribution in [3.05, 3.63) is 182 Å². The summed E-state index contributed by atoms with van der Waals surface area (Å²) >= 11 is 0. The molecule has 0 aliphatic heterocycles. The highest BCUT2D eigenvalue weighted by Crippen LogP contribution is 2.38. The quantitative estimate of drug-likeness (QED) is 0.120. The molecule has 0 radical (unpaired) electrons. The zero-order chi connectivity index (χ0) is 41.2. The number of hydrogen-bond acceptors (Lipinski definition) is 3. The van der Waals surface area contributed by atoms with Gasteiger partial charge in [-0.25, -0.2) is 0 Å². The minimum Gasteiger partial charge on any atom is -0.278 e. The van der Waals surface area contributed by atoms with E-state index in [1.807, 2.05) is 69.8 Å². The van der Waals surface area contributed by atoms with Gasteiger partial charge < -0.3 is 0 Å². The van der Waals surface area contributed by atoms with E-state index in [4.69, 9.17) is 15.0 Å². The fourth-order valence-corrected chi connectivity index (χ4v) is 15.2. The van der Waals surface area contributed by atoms with E-state index in [1.165, 1.54) is 0 Å². The van der Waals surface area contributed by atoms with E-state index >= 15 is 0 Å². The summed E-state index contributed by atoms with van der Waals surface area (Å²) in [5.41, 5.74) is 3.95. The Morgan fingerprint density at radius 3 is 1.33 bits per heavy atom. The number of rotatable bonds is 7. The molecule has 6 heteroatoms. The van der Waals surface area contributed by atoms with E-state index in [0.29, 0.717) is 17.1 Å². The van der Waals surface area contributed by atoms with E-state index in [2.05, 4.69) is 97.1 Å². The van der Waals surface area contributed by atoms with Crippen LogP contribution in [0.1, 0.15) is 37.6 Å². The summed E-state index contributed by atoms with van der Waals surface area (Å²) in [4.78, 5) is 15.8. The van der Waals surface area contributed by atoms with Crippen LogP contribution in [-0.2, 0) is 0 Å². The monoisotopic (exact) mass is 755 g/mol. The zero-order valence-electron chi connectivity index (χ0n) is 35.4. The average Bonchev–Trinajstić information content (AvgIpc) is 3.84. The van der Waals surface area contributed by atoms with Crippen molar-refractivity contribution in [2.75, 3.05) is 0 Å². The molecule has 0 unspecified atom stereocenters. The minimum absolute atomic E-state index is 0.0449. The second-order valence-electron chi connectivity index (χ2n) is 15.1. The number of fused-ring (bicyclic) bond motifs is 6. The molecule has 1 aliphatic rings. The summed E-state index contributed by atoms with van der Waals surface area (Å²) < 4.78 is 43.6. The van der Waals surface area contributed by atoms with E-state index in [1.54, 1.807) is 0 Å². The van der Waals surface area contributed by atoms with Gasteiger partial charge in [-0.3, -0.25) is 9.13 Å². The second kappa shape index (κ2) is 13.8. The molecule has 11 rings (SSSR count). The van der Waals surface area contributed by atoms with Crippen molar-refractivity contribution in [3.8, 4) is 23.3 Å². The van der Waals surface area contributed by atoms with Crippen molar-refractivity contribution < 1.29 is 5.48 Å². The first-order valence-corrected chi connectivity index (χ1v) is 22.0. The van der Waals surface area contributed by atoms with Gasteiger partial charge in [0.1, 0.15) is 0 Å². The number of benzene rings is 7. The number of aromatic nitrogens is 5. The predicted molar refractivity (Wildman–Crippen MR) is 238 cm³/mol. The molecule has 1 fully saturated rings. The Hall–Kier alpha value is -6.63. The Kier molecular flexibility index (Phi) is 7.19. The van der Waals surface area contributed by atoms with Crippen molar-refractivity contribution in [1.82, 2.24) is 24.1 Å². The third-order valence-electron chi connectivity index (χ3n) is 12.1. The van der Waals surface area contributed by atoms with Gasteiger partial charge >= 0.3 is 0 Å². The zero-order valence-corrected chi connectivity index (χ0v) is 32.4. The third kappa shape index (κ3) is 5.39. The molecular formula is C51H41N5Si. The maximum atomic E-state index is 10.4. The van der Waals surface area contributed by atoms with Crippen LogP contribution in [-0.4, -0.2) is 32.2 Å². The molecule has 0 spiro atoms. The number of nitrogens with zero attached hydrogens (tertiary/aromatic N) is 5. The SMILES string of the molecule is [2H]c1c([2H])c(-c2nc(-n3c4ccccc4c4ccccc43)nc(-n3c4ccccc4c4ccccc43)n2)c([2H])c([Si](c2ccccc2)(c2ccccc2)C2CCCCC2)c1[2H]. The molecule has 1 saturated carbocycles. The number of hydrogen-bond donors (Lipinski definition) is 0. The van der Waals surface area contributed by atoms with Gasteiger partial charge in [0.05, 0.1) is 27.5 Å². The average molecular weight is 756 g/mol. The molecule has 5 nitrogen and oxygen atoms in total. The van der Waals surface area contributed by atoms with Crippen LogP contribution >= 0.6 is 0 Å². The van der Waals surface area contributed by atoms with Gasteiger partial charge in [0.15, 0.2) is 13.9 Å². The van der Waals surface area contributed by atoms with Gasteiger partial charge in [-0.1, -0.05) is 190 Å². The Morgan fingerprint density at radius 1 is 0.456 bits per heavy atom. The summed E-state index contributed by atoms with van der Waals surface area (Å²) in [6, 6.07) is 53.2. The lowest BCUT2D eigenvalue weighted by molar-refractivity contribution is 0.497. The first kappa shape index (κ1) is 29.6. The first-order valence-electron chi connectivity index (χ1n) is 21.9. The van der Waals surface area contributed by atoms with Crippen molar-refractivity contribution in [2.24, 2.45) is 0 Å². The van der Waals surface area contributed by atoms with Gasteiger partial charge in [-0.15, -0.1) is 0 Å². The summed E-state index contributed by atoms with van der Waals surface area (Å²) in [6.07, 6.45) is 5.20. The number of para-hydroxylation sites is 4. The van der Waals surface area contributed by atoms with Crippen molar-refractivity contribution in [2.45, 2.75) is 37.6 Å². The van der Waals surface area contributed by atoms with Crippen molar-refractivity contribution in [3.63, 3.8) is 0 Å². The summed E-state index contributed by atoms with van der Waals surface area (Å²) in [5.74, 6) is 0.798. The molecule has 3 heterocycles. The normalized spacial score (nSPS) is 14.9. The lowest BCUT2D eigenvalue weighted by atomic mass is 10.0. The van der Waals surface area contributed by atoms with Gasteiger partial charge in [0.2, 0.25) is 11.9 Å². The van der Waals surface area contributed by atoms with E-state index in [-0.39, 0.29) is 41.1 Å². The molecule has 10 aromatic rings. The minimum atomic E-state index is -3.27. The predicted octanol–water partition coefficient (Wildman–Crippen LogP) is 10.5. The second-order valence-corrected chi connectivity index (χ2v) is 19.2. The van der Waals surface area contributed by atoms with Gasteiger partial charge in [0.25, 0.3) is 0 Å². The smallest absolute Gasteiger partial charge is 0.240 e. The van der Waals surface area contributed by atoms with E-state index in [0.717, 1.165) is 86.1 Å². The molecule has 274 valence electrons. The van der Waals surface area contributed by atoms with Gasteiger partial charge in [-0.2, -0.15) is 15.0 Å². The maximum absolute atomic E-state index is 10.4. The largest absolute Gasteiger partial charge is 0.278 e. The molecule has 0 amide bonds. The van der Waals surface area contributed by atoms with E-state index < -0.39 is 8.07 Å². The molecule has 3 aromatic heterocycles. The van der Waals surface area contributed by atoms with Crippen LogP contribution < -0.4 is 15.6 Å². The molecule has 1 aliphatic carbocycles. The van der Waals surface area contributed by atoms with Crippen LogP contribution in [0.15, 0.2) is 182 Å². The highest BCUT2D eigenvalue weighted by Gasteiger charge is 2.46. The molecule has 0 N–H and O–H groups in total. The Balaban J connectivity index is 1.28. The standard InChI is InChI=1S/C51H41N5Si/c1-4-20-37(21-5-1)57(38-22-6-2-7-23-38,39-24-8-3-9-25-39)40-26-18-19-36(35-40)49-52-50(55-45-31-14-10-27-41(45)42-28-11-15-32-46(42)55)54-51(53-49)56-47-33-16-12-29-43(47)44-30-13-17-34-48(44)56/h1-2,4-7,10-23,26-35,39H,3,8-9,24-25H2/i18D,19D,26D,35D.